The third-order valence-electron chi connectivity index (χ3n) is 1.15. The molecular formula is C6H7NO3. The number of hydrogen-bond acceptors (Lipinski definition) is 2. The fourth-order valence-electron chi connectivity index (χ4n) is 0.692. The number of aromatic amines is 1. The normalized spacial score (nSPS) is 9.60. The number of carboxylic acids is 1. The SMILES string of the molecule is O=C(O)Cc1c[nH]cc1O. The average Bonchev–Trinajstić information content (AvgIpc) is 2.15. The molecule has 4 heteroatoms. The predicted octanol–water partition coefficient (Wildman–Crippen LogP) is 0.347. The van der Waals surface area contributed by atoms with Gasteiger partial charge in [0.15, 0.2) is 0 Å². The van der Waals surface area contributed by atoms with E-state index in [1.165, 1.54) is 12.4 Å². The van der Waals surface area contributed by atoms with Gasteiger partial charge in [-0.15, -0.1) is 0 Å². The van der Waals surface area contributed by atoms with Crippen LogP contribution in [0.2, 0.25) is 0 Å². The Hall–Kier alpha value is -1.45. The van der Waals surface area contributed by atoms with Crippen LogP contribution >= 0.6 is 0 Å². The van der Waals surface area contributed by atoms with Gasteiger partial charge in [-0.2, -0.15) is 0 Å². The van der Waals surface area contributed by atoms with E-state index in [0.29, 0.717) is 5.56 Å². The summed E-state index contributed by atoms with van der Waals surface area (Å²) >= 11 is 0. The topological polar surface area (TPSA) is 73.3 Å². The maximum absolute atomic E-state index is 10.1. The minimum atomic E-state index is -0.949. The summed E-state index contributed by atoms with van der Waals surface area (Å²) in [5.41, 5.74) is 0.410. The third kappa shape index (κ3) is 1.28. The van der Waals surface area contributed by atoms with E-state index in [1.807, 2.05) is 0 Å². The summed E-state index contributed by atoms with van der Waals surface area (Å²) in [6, 6.07) is 0. The number of nitrogens with one attached hydrogen (secondary N) is 1. The van der Waals surface area contributed by atoms with Gasteiger partial charge in [-0.1, -0.05) is 0 Å². The first-order valence-electron chi connectivity index (χ1n) is 2.76. The van der Waals surface area contributed by atoms with E-state index in [-0.39, 0.29) is 12.2 Å². The Morgan fingerprint density at radius 2 is 2.30 bits per heavy atom. The Balaban J connectivity index is 2.74. The largest absolute Gasteiger partial charge is 0.506 e. The summed E-state index contributed by atoms with van der Waals surface area (Å²) in [6.45, 7) is 0. The molecule has 1 aromatic heterocycles. The first-order chi connectivity index (χ1) is 4.70. The van der Waals surface area contributed by atoms with Crippen LogP contribution in [0.5, 0.6) is 5.75 Å². The molecule has 0 unspecified atom stereocenters. The van der Waals surface area contributed by atoms with Gasteiger partial charge in [0.05, 0.1) is 6.42 Å². The van der Waals surface area contributed by atoms with Crippen molar-refractivity contribution < 1.29 is 15.0 Å². The lowest BCUT2D eigenvalue weighted by atomic mass is 10.2. The van der Waals surface area contributed by atoms with Crippen molar-refractivity contribution in [3.63, 3.8) is 0 Å². The number of rotatable bonds is 2. The van der Waals surface area contributed by atoms with Crippen LogP contribution in [0, 0.1) is 0 Å². The van der Waals surface area contributed by atoms with Gasteiger partial charge in [-0.05, 0) is 0 Å². The highest BCUT2D eigenvalue weighted by atomic mass is 16.4. The molecular weight excluding hydrogens is 134 g/mol. The number of aromatic nitrogens is 1. The molecule has 0 fully saturated rings. The summed E-state index contributed by atoms with van der Waals surface area (Å²) < 4.78 is 0. The van der Waals surface area contributed by atoms with Crippen molar-refractivity contribution in [3.05, 3.63) is 18.0 Å². The summed E-state index contributed by atoms with van der Waals surface area (Å²) in [5, 5.41) is 17.2. The second-order valence-electron chi connectivity index (χ2n) is 1.94. The molecule has 3 N–H and O–H groups in total. The highest BCUT2D eigenvalue weighted by Gasteiger charge is 2.05. The second kappa shape index (κ2) is 2.43. The molecule has 1 heterocycles. The van der Waals surface area contributed by atoms with Gasteiger partial charge in [0, 0.05) is 18.0 Å². The van der Waals surface area contributed by atoms with Crippen molar-refractivity contribution in [1.82, 2.24) is 4.98 Å². The summed E-state index contributed by atoms with van der Waals surface area (Å²) in [6.07, 6.45) is 2.66. The molecule has 0 aliphatic heterocycles. The molecule has 0 amide bonds. The van der Waals surface area contributed by atoms with Crippen LogP contribution in [0.3, 0.4) is 0 Å². The number of aromatic hydroxyl groups is 1. The zero-order chi connectivity index (χ0) is 7.56. The predicted molar refractivity (Wildman–Crippen MR) is 33.8 cm³/mol. The Labute approximate surface area is 57.1 Å². The van der Waals surface area contributed by atoms with Crippen LogP contribution in [0.1, 0.15) is 5.56 Å². The Morgan fingerprint density at radius 1 is 1.60 bits per heavy atom. The molecule has 0 spiro atoms. The van der Waals surface area contributed by atoms with E-state index in [2.05, 4.69) is 4.98 Å². The van der Waals surface area contributed by atoms with Crippen molar-refractivity contribution in [2.45, 2.75) is 6.42 Å². The molecule has 4 nitrogen and oxygen atoms in total. The van der Waals surface area contributed by atoms with E-state index in [4.69, 9.17) is 10.2 Å². The van der Waals surface area contributed by atoms with Crippen LogP contribution in [-0.2, 0) is 11.2 Å². The molecule has 0 aliphatic rings. The zero-order valence-electron chi connectivity index (χ0n) is 5.16. The monoisotopic (exact) mass is 141 g/mol. The van der Waals surface area contributed by atoms with E-state index in [1.54, 1.807) is 0 Å². The average molecular weight is 141 g/mol. The van der Waals surface area contributed by atoms with E-state index < -0.39 is 5.97 Å². The molecule has 0 saturated heterocycles. The lowest BCUT2D eigenvalue weighted by molar-refractivity contribution is -0.136. The lowest BCUT2D eigenvalue weighted by Gasteiger charge is -1.90. The number of carbonyl (C=O) groups is 1. The van der Waals surface area contributed by atoms with Crippen LogP contribution < -0.4 is 0 Å². The molecule has 1 rings (SSSR count). The van der Waals surface area contributed by atoms with Crippen molar-refractivity contribution in [3.8, 4) is 5.75 Å². The minimum absolute atomic E-state index is 0.00222. The number of aliphatic carboxylic acids is 1. The van der Waals surface area contributed by atoms with Crippen molar-refractivity contribution >= 4 is 5.97 Å². The maximum Gasteiger partial charge on any atom is 0.308 e. The molecule has 0 aliphatic carbocycles. The van der Waals surface area contributed by atoms with Crippen LogP contribution in [0.25, 0.3) is 0 Å². The van der Waals surface area contributed by atoms with E-state index >= 15 is 0 Å². The number of hydrogen-bond donors (Lipinski definition) is 3. The number of carboxylic acid groups (broad SMARTS) is 1. The number of H-pyrrole nitrogens is 1. The lowest BCUT2D eigenvalue weighted by Crippen LogP contribution is -1.98. The van der Waals surface area contributed by atoms with Gasteiger partial charge in [0.25, 0.3) is 0 Å². The van der Waals surface area contributed by atoms with Gasteiger partial charge >= 0.3 is 5.97 Å². The minimum Gasteiger partial charge on any atom is -0.506 e. The molecule has 54 valence electrons. The quantitative estimate of drug-likeness (QED) is 0.556. The molecule has 0 aromatic carbocycles. The van der Waals surface area contributed by atoms with Gasteiger partial charge in [0.1, 0.15) is 5.75 Å². The molecule has 0 saturated carbocycles. The Bertz CT molecular complexity index is 241. The fourth-order valence-corrected chi connectivity index (χ4v) is 0.692. The third-order valence-corrected chi connectivity index (χ3v) is 1.15. The van der Waals surface area contributed by atoms with Crippen LogP contribution in [-0.4, -0.2) is 21.2 Å². The fraction of sp³-hybridized carbons (Fsp3) is 0.167. The zero-order valence-corrected chi connectivity index (χ0v) is 5.16. The summed E-state index contributed by atoms with van der Waals surface area (Å²) in [5.74, 6) is -0.947. The molecule has 1 aromatic rings. The van der Waals surface area contributed by atoms with Gasteiger partial charge in [-0.3, -0.25) is 4.79 Å². The van der Waals surface area contributed by atoms with Gasteiger partial charge < -0.3 is 15.2 Å². The first-order valence-corrected chi connectivity index (χ1v) is 2.76. The molecule has 0 radical (unpaired) electrons. The second-order valence-corrected chi connectivity index (χ2v) is 1.94. The Kier molecular flexibility index (Phi) is 1.62. The summed E-state index contributed by atoms with van der Waals surface area (Å²) in [4.78, 5) is 12.7. The molecule has 0 atom stereocenters. The molecule has 0 bridgehead atoms. The smallest absolute Gasteiger partial charge is 0.308 e. The van der Waals surface area contributed by atoms with Crippen molar-refractivity contribution in [2.75, 3.05) is 0 Å². The van der Waals surface area contributed by atoms with E-state index in [0.717, 1.165) is 0 Å². The Morgan fingerprint density at radius 3 is 2.70 bits per heavy atom. The van der Waals surface area contributed by atoms with Gasteiger partial charge in [0.2, 0.25) is 0 Å². The highest BCUT2D eigenvalue weighted by molar-refractivity contribution is 5.71. The maximum atomic E-state index is 10.1. The summed E-state index contributed by atoms with van der Waals surface area (Å²) in [7, 11) is 0. The van der Waals surface area contributed by atoms with Crippen LogP contribution in [0.4, 0.5) is 0 Å². The highest BCUT2D eigenvalue weighted by Crippen LogP contribution is 2.14. The van der Waals surface area contributed by atoms with E-state index in [9.17, 15) is 4.79 Å². The molecule has 10 heavy (non-hydrogen) atoms. The van der Waals surface area contributed by atoms with Crippen LogP contribution in [0.15, 0.2) is 12.4 Å². The standard InChI is InChI=1S/C6H7NO3/c8-5-3-7-2-4(5)1-6(9)10/h2-3,7-8H,1H2,(H,9,10). The van der Waals surface area contributed by atoms with Crippen molar-refractivity contribution in [2.24, 2.45) is 0 Å². The first kappa shape index (κ1) is 6.67. The van der Waals surface area contributed by atoms with Gasteiger partial charge in [-0.25, -0.2) is 0 Å². The van der Waals surface area contributed by atoms with Crippen molar-refractivity contribution in [1.29, 1.82) is 0 Å².